The summed E-state index contributed by atoms with van der Waals surface area (Å²) in [6.45, 7) is 0. The normalized spacial score (nSPS) is 12.1. The molecule has 338 valence electrons. The van der Waals surface area contributed by atoms with E-state index in [2.05, 4.69) is 45.5 Å². The van der Waals surface area contributed by atoms with Gasteiger partial charge in [0.1, 0.15) is 0 Å². The molecule has 3 heterocycles. The van der Waals surface area contributed by atoms with E-state index in [1.165, 1.54) is 0 Å². The molecule has 3 aromatic heterocycles. The molecule has 0 spiro atoms. The third kappa shape index (κ3) is 7.27. The monoisotopic (exact) mass is 926 g/mol. The predicted molar refractivity (Wildman–Crippen MR) is 268 cm³/mol. The molecule has 12 rings (SSSR count). The molecule has 4 nitrogen and oxygen atoms in total. The summed E-state index contributed by atoms with van der Waals surface area (Å²) in [6, 6.07) is 67.2. The van der Waals surface area contributed by atoms with Crippen LogP contribution in [0.5, 0.6) is 0 Å². The predicted octanol–water partition coefficient (Wildman–Crippen LogP) is 17.0. The van der Waals surface area contributed by atoms with Gasteiger partial charge in [0.15, 0.2) is 5.82 Å². The van der Waals surface area contributed by atoms with Crippen LogP contribution < -0.4 is 0 Å². The van der Waals surface area contributed by atoms with Crippen molar-refractivity contribution in [3.05, 3.63) is 230 Å². The van der Waals surface area contributed by atoms with Crippen LogP contribution in [0.1, 0.15) is 11.1 Å². The summed E-state index contributed by atoms with van der Waals surface area (Å²) in [5.74, 6) is 0.474. The Bertz CT molecular complexity index is 3840. The number of hydrogen-bond acceptors (Lipinski definition) is 2. The van der Waals surface area contributed by atoms with Gasteiger partial charge in [-0.1, -0.05) is 152 Å². The van der Waals surface area contributed by atoms with Crippen LogP contribution in [0.2, 0.25) is 0 Å². The fourth-order valence-corrected chi connectivity index (χ4v) is 9.87. The molecule has 0 aliphatic heterocycles. The number of hydrogen-bond donors (Lipinski definition) is 0. The van der Waals surface area contributed by atoms with E-state index in [9.17, 15) is 26.3 Å². The van der Waals surface area contributed by atoms with Gasteiger partial charge in [-0.15, -0.1) is 0 Å². The molecule has 10 heteroatoms. The number of fused-ring (bicyclic) bond motifs is 6. The minimum absolute atomic E-state index is 0.154. The van der Waals surface area contributed by atoms with Crippen molar-refractivity contribution in [2.75, 3.05) is 0 Å². The third-order valence-electron chi connectivity index (χ3n) is 13.0. The average Bonchev–Trinajstić information content (AvgIpc) is 3.90. The van der Waals surface area contributed by atoms with E-state index in [1.54, 1.807) is 18.2 Å². The quantitative estimate of drug-likeness (QED) is 0.149. The zero-order chi connectivity index (χ0) is 47.7. The highest BCUT2D eigenvalue weighted by molar-refractivity contribution is 6.13. The zero-order valence-corrected chi connectivity index (χ0v) is 36.8. The second-order valence-electron chi connectivity index (χ2n) is 17.2. The molecule has 0 atom stereocenters. The molecule has 0 bridgehead atoms. The molecule has 0 radical (unpaired) electrons. The second-order valence-corrected chi connectivity index (χ2v) is 17.2. The number of para-hydroxylation sites is 4. The Balaban J connectivity index is 1.17. The van der Waals surface area contributed by atoms with Crippen molar-refractivity contribution < 1.29 is 26.3 Å². The largest absolute Gasteiger partial charge is 0.416 e. The van der Waals surface area contributed by atoms with Gasteiger partial charge >= 0.3 is 12.4 Å². The van der Waals surface area contributed by atoms with Crippen LogP contribution in [-0.2, 0) is 12.4 Å². The zero-order valence-electron chi connectivity index (χ0n) is 36.8. The average molecular weight is 927 g/mol. The number of alkyl halides is 6. The summed E-state index contributed by atoms with van der Waals surface area (Å²) in [4.78, 5) is 10.7. The Hall–Kier alpha value is -8.76. The van der Waals surface area contributed by atoms with E-state index in [-0.39, 0.29) is 17.2 Å². The van der Waals surface area contributed by atoms with Crippen molar-refractivity contribution in [3.63, 3.8) is 0 Å². The van der Waals surface area contributed by atoms with E-state index in [0.29, 0.717) is 16.7 Å². The van der Waals surface area contributed by atoms with Gasteiger partial charge in [-0.3, -0.25) is 0 Å². The van der Waals surface area contributed by atoms with Crippen LogP contribution in [0.25, 0.3) is 111 Å². The van der Waals surface area contributed by atoms with Crippen molar-refractivity contribution in [1.82, 2.24) is 19.1 Å². The first-order valence-electron chi connectivity index (χ1n) is 22.5. The van der Waals surface area contributed by atoms with E-state index in [4.69, 9.17) is 9.97 Å². The van der Waals surface area contributed by atoms with Crippen molar-refractivity contribution in [1.29, 1.82) is 0 Å². The van der Waals surface area contributed by atoms with Gasteiger partial charge in [0, 0.05) is 49.4 Å². The van der Waals surface area contributed by atoms with Crippen LogP contribution in [0.4, 0.5) is 26.3 Å². The molecule has 0 aliphatic carbocycles. The first-order valence-corrected chi connectivity index (χ1v) is 22.5. The summed E-state index contributed by atoms with van der Waals surface area (Å²) in [7, 11) is 0. The number of nitrogens with zero attached hydrogens (tertiary/aromatic N) is 4. The maximum Gasteiger partial charge on any atom is 0.416 e. The van der Waals surface area contributed by atoms with Gasteiger partial charge in [0.05, 0.1) is 56.0 Å². The maximum absolute atomic E-state index is 14.1. The highest BCUT2D eigenvalue weighted by atomic mass is 19.4. The number of benzene rings is 9. The summed E-state index contributed by atoms with van der Waals surface area (Å²) < 4.78 is 89.3. The molecular formula is C60H36F6N4. The summed E-state index contributed by atoms with van der Waals surface area (Å²) >= 11 is 0. The maximum atomic E-state index is 14.1. The number of aromatic nitrogens is 4. The molecule has 9 aromatic carbocycles. The first kappa shape index (κ1) is 42.6. The van der Waals surface area contributed by atoms with E-state index < -0.39 is 23.5 Å². The lowest BCUT2D eigenvalue weighted by Gasteiger charge is -2.21. The smallest absolute Gasteiger partial charge is 0.309 e. The van der Waals surface area contributed by atoms with Crippen LogP contribution in [0.3, 0.4) is 0 Å². The van der Waals surface area contributed by atoms with Crippen molar-refractivity contribution in [2.24, 2.45) is 0 Å². The molecule has 70 heavy (non-hydrogen) atoms. The Morgan fingerprint density at radius 2 is 0.757 bits per heavy atom. The number of halogens is 6. The van der Waals surface area contributed by atoms with E-state index in [0.717, 1.165) is 95.4 Å². The third-order valence-corrected chi connectivity index (χ3v) is 13.0. The van der Waals surface area contributed by atoms with Crippen LogP contribution in [-0.4, -0.2) is 19.1 Å². The molecule has 0 N–H and O–H groups in total. The van der Waals surface area contributed by atoms with Gasteiger partial charge in [0.25, 0.3) is 0 Å². The minimum Gasteiger partial charge on any atom is -0.309 e. The fourth-order valence-electron chi connectivity index (χ4n) is 9.87. The van der Waals surface area contributed by atoms with Gasteiger partial charge in [-0.05, 0) is 77.9 Å². The molecular weight excluding hydrogens is 891 g/mol. The second kappa shape index (κ2) is 16.5. The van der Waals surface area contributed by atoms with Crippen LogP contribution in [0, 0.1) is 0 Å². The molecule has 0 amide bonds. The lowest BCUT2D eigenvalue weighted by molar-refractivity contribution is -0.143. The lowest BCUT2D eigenvalue weighted by atomic mass is 9.94. The first-order chi connectivity index (χ1) is 34.0. The molecule has 0 unspecified atom stereocenters. The highest BCUT2D eigenvalue weighted by Crippen LogP contribution is 2.46. The summed E-state index contributed by atoms with van der Waals surface area (Å²) in [5, 5.41) is 3.58. The van der Waals surface area contributed by atoms with Gasteiger partial charge in [-0.25, -0.2) is 9.97 Å². The molecule has 12 aromatic rings. The van der Waals surface area contributed by atoms with Crippen LogP contribution in [0.15, 0.2) is 218 Å². The Morgan fingerprint density at radius 1 is 0.314 bits per heavy atom. The molecule has 0 saturated heterocycles. The minimum atomic E-state index is -5.00. The van der Waals surface area contributed by atoms with Gasteiger partial charge in [-0.2, -0.15) is 26.3 Å². The highest BCUT2D eigenvalue weighted by Gasteiger charge is 2.37. The molecule has 0 saturated carbocycles. The lowest BCUT2D eigenvalue weighted by Crippen LogP contribution is -2.11. The van der Waals surface area contributed by atoms with Crippen molar-refractivity contribution in [2.45, 2.75) is 12.4 Å². The Morgan fingerprint density at radius 3 is 1.31 bits per heavy atom. The van der Waals surface area contributed by atoms with E-state index in [1.807, 2.05) is 146 Å². The van der Waals surface area contributed by atoms with Gasteiger partial charge < -0.3 is 9.13 Å². The van der Waals surface area contributed by atoms with Gasteiger partial charge in [0.2, 0.25) is 0 Å². The Labute approximate surface area is 397 Å². The molecule has 0 fully saturated rings. The van der Waals surface area contributed by atoms with Crippen LogP contribution >= 0.6 is 0 Å². The Kier molecular flexibility index (Phi) is 10.0. The van der Waals surface area contributed by atoms with E-state index >= 15 is 0 Å². The van der Waals surface area contributed by atoms with Crippen molar-refractivity contribution in [3.8, 4) is 67.5 Å². The standard InChI is InChI=1S/C60H36F6N4/c61-59(62,63)41-32-40(33-42(35-41)60(64,65)66)39-30-31-55-48(34-39)45-22-9-13-27-53(45)70(55)56-29-15-24-47(58-67-49(37-16-3-1-4-17-37)36-50(68-58)38-18-5-2-6-19-38)57(56)46-23-10-14-28-54(46)69-51-25-11-7-20-43(51)44-21-8-12-26-52(44)69/h1-36H. The SMILES string of the molecule is FC(F)(F)c1cc(-c2ccc3c(c2)c2ccccc2n3-c2cccc(-c3nc(-c4ccccc4)cc(-c4ccccc4)n3)c2-c2ccccc2-n2c3ccccc3c3ccccc32)cc(C(F)(F)F)c1. The fraction of sp³-hybridized carbons (Fsp3) is 0.0333. The topological polar surface area (TPSA) is 35.6 Å². The molecule has 0 aliphatic rings. The summed E-state index contributed by atoms with van der Waals surface area (Å²) in [5.41, 5.74) is 8.02. The summed E-state index contributed by atoms with van der Waals surface area (Å²) in [6.07, 6.45) is -10.0. The van der Waals surface area contributed by atoms with Crippen molar-refractivity contribution >= 4 is 43.6 Å². The number of rotatable bonds is 7.